The second-order valence-electron chi connectivity index (χ2n) is 9.01. The molecule has 9 heteroatoms. The number of benzene rings is 3. The predicted octanol–water partition coefficient (Wildman–Crippen LogP) is 3.11. The number of amides is 3. The first-order chi connectivity index (χ1) is 18.3. The van der Waals surface area contributed by atoms with Crippen LogP contribution in [-0.2, 0) is 27.3 Å². The number of likely N-dealkylation sites (tertiary alicyclic amines) is 1. The van der Waals surface area contributed by atoms with Gasteiger partial charge in [0.2, 0.25) is 11.8 Å². The van der Waals surface area contributed by atoms with Crippen molar-refractivity contribution in [2.45, 2.75) is 37.9 Å². The van der Waals surface area contributed by atoms with Crippen molar-refractivity contribution in [1.82, 2.24) is 10.2 Å². The summed E-state index contributed by atoms with van der Waals surface area (Å²) in [5.74, 6) is -2.20. The zero-order valence-corrected chi connectivity index (χ0v) is 20.5. The van der Waals surface area contributed by atoms with E-state index in [-0.39, 0.29) is 31.2 Å². The summed E-state index contributed by atoms with van der Waals surface area (Å²) in [5, 5.41) is 24.1. The molecule has 0 spiro atoms. The van der Waals surface area contributed by atoms with Crippen molar-refractivity contribution in [3.05, 3.63) is 101 Å². The summed E-state index contributed by atoms with van der Waals surface area (Å²) in [4.78, 5) is 51.3. The maximum atomic E-state index is 13.0. The van der Waals surface area contributed by atoms with Gasteiger partial charge in [-0.05, 0) is 47.9 Å². The summed E-state index contributed by atoms with van der Waals surface area (Å²) in [6.07, 6.45) is 0.588. The Morgan fingerprint density at radius 3 is 2.42 bits per heavy atom. The van der Waals surface area contributed by atoms with Crippen LogP contribution in [-0.4, -0.2) is 45.8 Å². The minimum atomic E-state index is -1.19. The van der Waals surface area contributed by atoms with Crippen molar-refractivity contribution < 1.29 is 24.3 Å². The molecule has 3 N–H and O–H groups in total. The molecule has 0 aromatic heterocycles. The molecular formula is C29H26N4O5. The number of nitrogens with zero attached hydrogens (tertiary/aromatic N) is 2. The predicted molar refractivity (Wildman–Crippen MR) is 139 cm³/mol. The third-order valence-corrected chi connectivity index (χ3v) is 6.35. The van der Waals surface area contributed by atoms with Gasteiger partial charge < -0.3 is 20.6 Å². The molecule has 0 bridgehead atoms. The standard InChI is InChI=1S/C29H26N4O5/c30-17-21-7-4-8-22(15-21)27(35)31-23-11-9-19(10-12-23)16-24(29(37)38)32-28(36)25-13-14-26(34)33(25)18-20-5-2-1-3-6-20/h1-12,15,24-25H,13-14,16,18H2,(H,31,35)(H,32,36)(H,37,38)/t24-,25-/m0/s1. The molecule has 9 nitrogen and oxygen atoms in total. The van der Waals surface area contributed by atoms with Crippen LogP contribution in [0.1, 0.15) is 39.9 Å². The fourth-order valence-electron chi connectivity index (χ4n) is 4.35. The van der Waals surface area contributed by atoms with Crippen molar-refractivity contribution in [3.63, 3.8) is 0 Å². The van der Waals surface area contributed by atoms with E-state index in [9.17, 15) is 24.3 Å². The van der Waals surface area contributed by atoms with Gasteiger partial charge in [-0.25, -0.2) is 4.79 Å². The molecule has 192 valence electrons. The molecule has 1 saturated heterocycles. The maximum Gasteiger partial charge on any atom is 0.326 e. The quantitative estimate of drug-likeness (QED) is 0.404. The van der Waals surface area contributed by atoms with Gasteiger partial charge in [-0.3, -0.25) is 14.4 Å². The van der Waals surface area contributed by atoms with Gasteiger partial charge in [0, 0.05) is 30.6 Å². The number of carboxylic acid groups (broad SMARTS) is 1. The van der Waals surface area contributed by atoms with Gasteiger partial charge in [0.25, 0.3) is 5.91 Å². The van der Waals surface area contributed by atoms with E-state index < -0.39 is 24.0 Å². The largest absolute Gasteiger partial charge is 0.480 e. The van der Waals surface area contributed by atoms with Crippen LogP contribution in [0, 0.1) is 11.3 Å². The Morgan fingerprint density at radius 1 is 1.00 bits per heavy atom. The molecule has 0 radical (unpaired) electrons. The highest BCUT2D eigenvalue weighted by molar-refractivity contribution is 6.04. The number of hydrogen-bond acceptors (Lipinski definition) is 5. The normalized spacial score (nSPS) is 15.4. The number of aliphatic carboxylic acids is 1. The Kier molecular flexibility index (Phi) is 8.14. The smallest absolute Gasteiger partial charge is 0.326 e. The molecule has 2 atom stereocenters. The van der Waals surface area contributed by atoms with E-state index in [2.05, 4.69) is 10.6 Å². The van der Waals surface area contributed by atoms with Crippen molar-refractivity contribution >= 4 is 29.4 Å². The number of carbonyl (C=O) groups excluding carboxylic acids is 3. The van der Waals surface area contributed by atoms with E-state index in [1.54, 1.807) is 42.5 Å². The Bertz CT molecular complexity index is 1380. The molecule has 0 aliphatic carbocycles. The molecule has 1 aliphatic rings. The first-order valence-corrected chi connectivity index (χ1v) is 12.1. The molecule has 1 fully saturated rings. The van der Waals surface area contributed by atoms with E-state index in [4.69, 9.17) is 5.26 Å². The Morgan fingerprint density at radius 2 is 1.74 bits per heavy atom. The molecule has 1 heterocycles. The number of anilines is 1. The fraction of sp³-hybridized carbons (Fsp3) is 0.207. The van der Waals surface area contributed by atoms with Crippen LogP contribution in [0.15, 0.2) is 78.9 Å². The minimum Gasteiger partial charge on any atom is -0.480 e. The van der Waals surface area contributed by atoms with Gasteiger partial charge in [0.15, 0.2) is 0 Å². The molecule has 0 unspecified atom stereocenters. The Labute approximate surface area is 219 Å². The third kappa shape index (κ3) is 6.42. The monoisotopic (exact) mass is 510 g/mol. The zero-order chi connectivity index (χ0) is 27.1. The lowest BCUT2D eigenvalue weighted by Crippen LogP contribution is -2.50. The molecule has 0 saturated carbocycles. The van der Waals surface area contributed by atoms with Crippen LogP contribution < -0.4 is 10.6 Å². The lowest BCUT2D eigenvalue weighted by molar-refractivity contribution is -0.143. The third-order valence-electron chi connectivity index (χ3n) is 6.35. The van der Waals surface area contributed by atoms with E-state index in [1.807, 2.05) is 36.4 Å². The van der Waals surface area contributed by atoms with E-state index >= 15 is 0 Å². The Hall–Kier alpha value is -4.97. The van der Waals surface area contributed by atoms with Crippen LogP contribution in [0.25, 0.3) is 0 Å². The summed E-state index contributed by atoms with van der Waals surface area (Å²) in [6, 6.07) is 22.3. The van der Waals surface area contributed by atoms with Gasteiger partial charge in [-0.15, -0.1) is 0 Å². The summed E-state index contributed by atoms with van der Waals surface area (Å²) in [6.45, 7) is 0.281. The van der Waals surface area contributed by atoms with Crippen molar-refractivity contribution in [2.75, 3.05) is 5.32 Å². The van der Waals surface area contributed by atoms with Crippen molar-refractivity contribution in [3.8, 4) is 6.07 Å². The van der Waals surface area contributed by atoms with Crippen LogP contribution in [0.2, 0.25) is 0 Å². The number of carbonyl (C=O) groups is 4. The second-order valence-corrected chi connectivity index (χ2v) is 9.01. The average Bonchev–Trinajstić information content (AvgIpc) is 3.29. The van der Waals surface area contributed by atoms with E-state index in [0.717, 1.165) is 5.56 Å². The van der Waals surface area contributed by atoms with Crippen LogP contribution >= 0.6 is 0 Å². The summed E-state index contributed by atoms with van der Waals surface area (Å²) < 4.78 is 0. The molecule has 38 heavy (non-hydrogen) atoms. The molecule has 4 rings (SSSR count). The highest BCUT2D eigenvalue weighted by atomic mass is 16.4. The summed E-state index contributed by atoms with van der Waals surface area (Å²) in [7, 11) is 0. The zero-order valence-electron chi connectivity index (χ0n) is 20.5. The van der Waals surface area contributed by atoms with E-state index in [0.29, 0.717) is 28.8 Å². The van der Waals surface area contributed by atoms with Gasteiger partial charge in [-0.1, -0.05) is 48.5 Å². The first kappa shape index (κ1) is 26.1. The number of rotatable bonds is 9. The minimum absolute atomic E-state index is 0.0267. The lowest BCUT2D eigenvalue weighted by atomic mass is 10.0. The molecular weight excluding hydrogens is 484 g/mol. The molecule has 3 aromatic carbocycles. The molecule has 1 aliphatic heterocycles. The maximum absolute atomic E-state index is 13.0. The van der Waals surface area contributed by atoms with Gasteiger partial charge in [0.05, 0.1) is 11.6 Å². The number of hydrogen-bond donors (Lipinski definition) is 3. The van der Waals surface area contributed by atoms with Gasteiger partial charge >= 0.3 is 5.97 Å². The second kappa shape index (κ2) is 11.8. The van der Waals surface area contributed by atoms with Crippen molar-refractivity contribution in [2.24, 2.45) is 0 Å². The average molecular weight is 511 g/mol. The molecule has 3 amide bonds. The highest BCUT2D eigenvalue weighted by Crippen LogP contribution is 2.22. The highest BCUT2D eigenvalue weighted by Gasteiger charge is 2.37. The van der Waals surface area contributed by atoms with Crippen LogP contribution in [0.5, 0.6) is 0 Å². The topological polar surface area (TPSA) is 140 Å². The number of carboxylic acids is 1. The number of nitriles is 1. The number of nitrogens with one attached hydrogen (secondary N) is 2. The fourth-order valence-corrected chi connectivity index (χ4v) is 4.35. The first-order valence-electron chi connectivity index (χ1n) is 12.1. The van der Waals surface area contributed by atoms with Crippen LogP contribution in [0.3, 0.4) is 0 Å². The van der Waals surface area contributed by atoms with Crippen LogP contribution in [0.4, 0.5) is 5.69 Å². The molecule has 3 aromatic rings. The van der Waals surface area contributed by atoms with Gasteiger partial charge in [0.1, 0.15) is 12.1 Å². The lowest BCUT2D eigenvalue weighted by Gasteiger charge is -2.26. The summed E-state index contributed by atoms with van der Waals surface area (Å²) >= 11 is 0. The SMILES string of the molecule is N#Cc1cccc(C(=O)Nc2ccc(C[C@H](NC(=O)[C@@H]3CCC(=O)N3Cc3ccccc3)C(=O)O)cc2)c1. The Balaban J connectivity index is 1.38. The van der Waals surface area contributed by atoms with Crippen molar-refractivity contribution in [1.29, 1.82) is 5.26 Å². The van der Waals surface area contributed by atoms with Gasteiger partial charge in [-0.2, -0.15) is 5.26 Å². The summed E-state index contributed by atoms with van der Waals surface area (Å²) in [5.41, 5.74) is 2.75. The van der Waals surface area contributed by atoms with E-state index in [1.165, 1.54) is 11.0 Å².